The van der Waals surface area contributed by atoms with Crippen LogP contribution < -0.4 is 10.2 Å². The zero-order chi connectivity index (χ0) is 23.2. The fourth-order valence-corrected chi connectivity index (χ4v) is 4.36. The molecule has 1 saturated carbocycles. The number of nitrogens with one attached hydrogen (secondary N) is 1. The van der Waals surface area contributed by atoms with Crippen molar-refractivity contribution < 1.29 is 14.0 Å². The molecule has 1 aliphatic carbocycles. The minimum Gasteiger partial charge on any atom is -0.351 e. The van der Waals surface area contributed by atoms with E-state index >= 15 is 0 Å². The van der Waals surface area contributed by atoms with Gasteiger partial charge in [0.25, 0.3) is 5.91 Å². The number of para-hydroxylation sites is 1. The number of aromatic nitrogens is 2. The highest BCUT2D eigenvalue weighted by molar-refractivity contribution is 6.34. The second-order valence-electron chi connectivity index (χ2n) is 8.01. The molecule has 1 heterocycles. The molecule has 1 aliphatic rings. The fraction of sp³-hybridized carbons (Fsp3) is 0.280. The van der Waals surface area contributed by atoms with Crippen LogP contribution in [0.1, 0.15) is 54.2 Å². The lowest BCUT2D eigenvalue weighted by molar-refractivity contribution is -0.123. The number of anilines is 1. The van der Waals surface area contributed by atoms with Gasteiger partial charge in [0.15, 0.2) is 0 Å². The Morgan fingerprint density at radius 1 is 1.03 bits per heavy atom. The van der Waals surface area contributed by atoms with Gasteiger partial charge in [0.2, 0.25) is 5.91 Å². The molecule has 8 heteroatoms. The molecule has 3 aromatic rings. The number of halogens is 2. The van der Waals surface area contributed by atoms with Crippen molar-refractivity contribution in [3.63, 3.8) is 0 Å². The van der Waals surface area contributed by atoms with Crippen LogP contribution in [0.25, 0.3) is 0 Å². The molecule has 170 valence electrons. The molecule has 0 radical (unpaired) electrons. The number of hydrogen-bond acceptors (Lipinski definition) is 4. The number of carbonyl (C=O) groups is 2. The minimum absolute atomic E-state index is 0.0221. The van der Waals surface area contributed by atoms with Gasteiger partial charge in [-0.15, -0.1) is 0 Å². The zero-order valence-corrected chi connectivity index (χ0v) is 18.7. The molecule has 1 N–H and O–H groups in total. The first-order valence-corrected chi connectivity index (χ1v) is 11.3. The molecule has 0 unspecified atom stereocenters. The number of nitrogens with zero attached hydrogens (tertiary/aromatic N) is 3. The Hall–Kier alpha value is -3.32. The van der Waals surface area contributed by atoms with Gasteiger partial charge in [0, 0.05) is 18.4 Å². The molecular weight excluding hydrogens is 443 g/mol. The zero-order valence-electron chi connectivity index (χ0n) is 18.0. The van der Waals surface area contributed by atoms with Gasteiger partial charge in [-0.25, -0.2) is 9.37 Å². The third-order valence-corrected chi connectivity index (χ3v) is 6.08. The highest BCUT2D eigenvalue weighted by Crippen LogP contribution is 2.34. The van der Waals surface area contributed by atoms with Crippen molar-refractivity contribution in [3.05, 3.63) is 89.2 Å². The average molecular weight is 467 g/mol. The molecule has 6 nitrogen and oxygen atoms in total. The van der Waals surface area contributed by atoms with Crippen molar-refractivity contribution in [2.45, 2.75) is 44.2 Å². The predicted molar refractivity (Wildman–Crippen MR) is 124 cm³/mol. The third-order valence-electron chi connectivity index (χ3n) is 5.76. The highest BCUT2D eigenvalue weighted by atomic mass is 35.5. The number of amides is 2. The average Bonchev–Trinajstić information content (AvgIpc) is 2.84. The Kier molecular flexibility index (Phi) is 7.29. The molecule has 0 aliphatic heterocycles. The molecule has 1 fully saturated rings. The van der Waals surface area contributed by atoms with E-state index in [2.05, 4.69) is 15.3 Å². The van der Waals surface area contributed by atoms with E-state index in [9.17, 15) is 14.0 Å². The van der Waals surface area contributed by atoms with E-state index in [4.69, 9.17) is 11.6 Å². The van der Waals surface area contributed by atoms with Crippen LogP contribution >= 0.6 is 11.6 Å². The largest absolute Gasteiger partial charge is 0.351 e. The van der Waals surface area contributed by atoms with E-state index in [0.717, 1.165) is 32.1 Å². The molecule has 0 bridgehead atoms. The molecular formula is C25H24ClFN4O2. The molecule has 0 saturated heterocycles. The number of rotatable bonds is 6. The minimum atomic E-state index is -1.08. The standard InChI is InChI=1S/C25H24ClFN4O2/c26-20-8-4-5-9-22(20)31(25(33)21-16-28-14-15-29-21)23(17-10-12-18(27)13-11-17)24(32)30-19-6-2-1-3-7-19/h4-5,8-16,19,23H,1-3,6-7H2,(H,30,32)/t23-/m1/s1. The smallest absolute Gasteiger partial charge is 0.279 e. The van der Waals surface area contributed by atoms with Crippen LogP contribution in [0.5, 0.6) is 0 Å². The summed E-state index contributed by atoms with van der Waals surface area (Å²) in [5.41, 5.74) is 0.875. The Labute approximate surface area is 196 Å². The maximum Gasteiger partial charge on any atom is 0.279 e. The quantitative estimate of drug-likeness (QED) is 0.548. The lowest BCUT2D eigenvalue weighted by Gasteiger charge is -2.33. The van der Waals surface area contributed by atoms with Gasteiger partial charge in [-0.3, -0.25) is 19.5 Å². The van der Waals surface area contributed by atoms with E-state index in [1.54, 1.807) is 24.3 Å². The number of benzene rings is 2. The second-order valence-corrected chi connectivity index (χ2v) is 8.42. The molecule has 2 amide bonds. The van der Waals surface area contributed by atoms with Gasteiger partial charge in [0.05, 0.1) is 16.9 Å². The first-order valence-electron chi connectivity index (χ1n) is 10.9. The Morgan fingerprint density at radius 2 is 1.76 bits per heavy atom. The topological polar surface area (TPSA) is 75.2 Å². The Balaban J connectivity index is 1.81. The molecule has 2 aromatic carbocycles. The van der Waals surface area contributed by atoms with Crippen LogP contribution in [0.2, 0.25) is 5.02 Å². The summed E-state index contributed by atoms with van der Waals surface area (Å²) in [6.45, 7) is 0. The van der Waals surface area contributed by atoms with Crippen molar-refractivity contribution in [3.8, 4) is 0 Å². The van der Waals surface area contributed by atoms with Crippen molar-refractivity contribution in [1.29, 1.82) is 0 Å². The highest BCUT2D eigenvalue weighted by Gasteiger charge is 2.36. The van der Waals surface area contributed by atoms with E-state index in [-0.39, 0.29) is 17.6 Å². The summed E-state index contributed by atoms with van der Waals surface area (Å²) in [7, 11) is 0. The second kappa shape index (κ2) is 10.5. The first-order chi connectivity index (χ1) is 16.0. The maximum atomic E-state index is 13.7. The Morgan fingerprint density at radius 3 is 2.42 bits per heavy atom. The summed E-state index contributed by atoms with van der Waals surface area (Å²) in [4.78, 5) is 36.8. The van der Waals surface area contributed by atoms with E-state index in [0.29, 0.717) is 16.3 Å². The lowest BCUT2D eigenvalue weighted by atomic mass is 9.94. The normalized spacial score (nSPS) is 15.0. The van der Waals surface area contributed by atoms with Gasteiger partial charge in [-0.1, -0.05) is 55.1 Å². The fourth-order valence-electron chi connectivity index (χ4n) is 4.14. The Bertz CT molecular complexity index is 1100. The monoisotopic (exact) mass is 466 g/mol. The van der Waals surface area contributed by atoms with Gasteiger partial charge in [0.1, 0.15) is 17.6 Å². The summed E-state index contributed by atoms with van der Waals surface area (Å²) in [6, 6.07) is 11.3. The summed E-state index contributed by atoms with van der Waals surface area (Å²) in [5.74, 6) is -1.33. The van der Waals surface area contributed by atoms with Crippen LogP contribution in [-0.2, 0) is 4.79 Å². The summed E-state index contributed by atoms with van der Waals surface area (Å²) >= 11 is 6.48. The van der Waals surface area contributed by atoms with Crippen LogP contribution in [0.3, 0.4) is 0 Å². The first kappa shape index (κ1) is 22.9. The summed E-state index contributed by atoms with van der Waals surface area (Å²) in [6.07, 6.45) is 9.20. The molecule has 4 rings (SSSR count). The van der Waals surface area contributed by atoms with Crippen molar-refractivity contribution in [1.82, 2.24) is 15.3 Å². The number of hydrogen-bond donors (Lipinski definition) is 1. The van der Waals surface area contributed by atoms with Crippen molar-refractivity contribution >= 4 is 29.1 Å². The SMILES string of the molecule is O=C(NC1CCCCC1)[C@@H](c1ccc(F)cc1)N(C(=O)c1cnccn1)c1ccccc1Cl. The molecule has 1 aromatic heterocycles. The van der Waals surface area contributed by atoms with E-state index in [1.165, 1.54) is 47.8 Å². The number of carbonyl (C=O) groups excluding carboxylic acids is 2. The molecule has 33 heavy (non-hydrogen) atoms. The van der Waals surface area contributed by atoms with E-state index in [1.807, 2.05) is 0 Å². The van der Waals surface area contributed by atoms with Crippen LogP contribution in [0, 0.1) is 5.82 Å². The van der Waals surface area contributed by atoms with Gasteiger partial charge in [-0.05, 0) is 42.7 Å². The van der Waals surface area contributed by atoms with Crippen molar-refractivity contribution in [2.75, 3.05) is 4.90 Å². The molecule has 0 spiro atoms. The van der Waals surface area contributed by atoms with Crippen LogP contribution in [0.15, 0.2) is 67.1 Å². The van der Waals surface area contributed by atoms with E-state index < -0.39 is 17.8 Å². The lowest BCUT2D eigenvalue weighted by Crippen LogP contribution is -2.47. The van der Waals surface area contributed by atoms with Crippen LogP contribution in [-0.4, -0.2) is 27.8 Å². The van der Waals surface area contributed by atoms with Gasteiger partial charge in [-0.2, -0.15) is 0 Å². The van der Waals surface area contributed by atoms with Crippen LogP contribution in [0.4, 0.5) is 10.1 Å². The van der Waals surface area contributed by atoms with Gasteiger partial charge >= 0.3 is 0 Å². The third kappa shape index (κ3) is 5.37. The summed E-state index contributed by atoms with van der Waals surface area (Å²) in [5, 5.41) is 3.40. The van der Waals surface area contributed by atoms with Crippen molar-refractivity contribution in [2.24, 2.45) is 0 Å². The van der Waals surface area contributed by atoms with Gasteiger partial charge < -0.3 is 5.32 Å². The predicted octanol–water partition coefficient (Wildman–Crippen LogP) is 5.11. The molecule has 1 atom stereocenters. The summed E-state index contributed by atoms with van der Waals surface area (Å²) < 4.78 is 13.7. The maximum absolute atomic E-state index is 13.7.